The number of anilines is 1. The van der Waals surface area contributed by atoms with Gasteiger partial charge in [0.2, 0.25) is 0 Å². The minimum atomic E-state index is -1.14. The summed E-state index contributed by atoms with van der Waals surface area (Å²) in [7, 11) is 0. The molecule has 4 aromatic carbocycles. The smallest absolute Gasteiger partial charge is 0.322 e. The molecule has 6 heteroatoms. The van der Waals surface area contributed by atoms with E-state index in [9.17, 15) is 24.3 Å². The van der Waals surface area contributed by atoms with E-state index < -0.39 is 29.9 Å². The Hall–Kier alpha value is -4.84. The molecule has 6 nitrogen and oxygen atoms in total. The van der Waals surface area contributed by atoms with Crippen LogP contribution in [0.2, 0.25) is 0 Å². The summed E-state index contributed by atoms with van der Waals surface area (Å²) in [5, 5.41) is 11.9. The van der Waals surface area contributed by atoms with Gasteiger partial charge >= 0.3 is 5.97 Å². The van der Waals surface area contributed by atoms with Crippen molar-refractivity contribution in [1.82, 2.24) is 0 Å². The van der Waals surface area contributed by atoms with Gasteiger partial charge in [0.1, 0.15) is 6.54 Å². The second-order valence-corrected chi connectivity index (χ2v) is 7.74. The number of ketones is 3. The highest BCUT2D eigenvalue weighted by Crippen LogP contribution is 2.30. The number of carbonyl (C=O) groups excluding carboxylic acids is 3. The Kier molecular flexibility index (Phi) is 6.93. The van der Waals surface area contributed by atoms with Crippen molar-refractivity contribution in [1.29, 1.82) is 0 Å². The zero-order valence-electron chi connectivity index (χ0n) is 18.6. The number of benzene rings is 4. The van der Waals surface area contributed by atoms with Gasteiger partial charge in [-0.25, -0.2) is 0 Å². The first kappa shape index (κ1) is 23.3. The summed E-state index contributed by atoms with van der Waals surface area (Å²) < 4.78 is 0. The molecule has 0 bridgehead atoms. The van der Waals surface area contributed by atoms with Crippen LogP contribution in [0.5, 0.6) is 0 Å². The summed E-state index contributed by atoms with van der Waals surface area (Å²) in [6.07, 6.45) is 0. The van der Waals surface area contributed by atoms with Gasteiger partial charge in [-0.2, -0.15) is 0 Å². The third kappa shape index (κ3) is 5.07. The Bertz CT molecular complexity index is 1400. The monoisotopic (exact) mass is 463 g/mol. The largest absolute Gasteiger partial charge is 0.480 e. The van der Waals surface area contributed by atoms with Gasteiger partial charge in [-0.15, -0.1) is 0 Å². The van der Waals surface area contributed by atoms with Gasteiger partial charge in [-0.1, -0.05) is 91.0 Å². The maximum Gasteiger partial charge on any atom is 0.322 e. The molecule has 0 aliphatic carbocycles. The van der Waals surface area contributed by atoms with Crippen molar-refractivity contribution >= 4 is 29.0 Å². The van der Waals surface area contributed by atoms with Crippen molar-refractivity contribution < 1.29 is 24.3 Å². The number of rotatable bonds is 9. The van der Waals surface area contributed by atoms with Crippen LogP contribution in [0.4, 0.5) is 5.69 Å². The lowest BCUT2D eigenvalue weighted by Crippen LogP contribution is -2.21. The molecule has 0 aliphatic heterocycles. The number of carbonyl (C=O) groups is 4. The molecular formula is C29H21NO5. The SMILES string of the molecule is O=C(O)CNc1ccc(C(=O)c2ccccc2)c(C(=O)c2ccccc2)c1C(=O)c1ccccc1. The van der Waals surface area contributed by atoms with E-state index in [2.05, 4.69) is 5.32 Å². The van der Waals surface area contributed by atoms with Gasteiger partial charge in [0.15, 0.2) is 17.3 Å². The van der Waals surface area contributed by atoms with Crippen molar-refractivity contribution in [2.75, 3.05) is 11.9 Å². The molecule has 0 heterocycles. The van der Waals surface area contributed by atoms with E-state index in [0.717, 1.165) is 0 Å². The van der Waals surface area contributed by atoms with Crippen LogP contribution in [-0.4, -0.2) is 35.0 Å². The van der Waals surface area contributed by atoms with Crippen molar-refractivity contribution in [2.45, 2.75) is 0 Å². The fraction of sp³-hybridized carbons (Fsp3) is 0.0345. The van der Waals surface area contributed by atoms with Gasteiger partial charge in [-0.05, 0) is 12.1 Å². The van der Waals surface area contributed by atoms with E-state index in [1.54, 1.807) is 91.0 Å². The molecule has 0 amide bonds. The highest BCUT2D eigenvalue weighted by molar-refractivity contribution is 6.27. The van der Waals surface area contributed by atoms with Crippen LogP contribution >= 0.6 is 0 Å². The Balaban J connectivity index is 2.00. The molecular weight excluding hydrogens is 442 g/mol. The molecule has 0 spiro atoms. The minimum absolute atomic E-state index is 0.0481. The van der Waals surface area contributed by atoms with Crippen LogP contribution < -0.4 is 5.32 Å². The second-order valence-electron chi connectivity index (χ2n) is 7.74. The molecule has 0 fully saturated rings. The Morgan fingerprint density at radius 2 is 0.971 bits per heavy atom. The molecule has 2 N–H and O–H groups in total. The number of hydrogen-bond acceptors (Lipinski definition) is 5. The molecule has 4 rings (SSSR count). The summed E-state index contributed by atoms with van der Waals surface area (Å²) in [5.41, 5.74) is 1.06. The lowest BCUT2D eigenvalue weighted by atomic mass is 9.85. The average molecular weight is 463 g/mol. The van der Waals surface area contributed by atoms with E-state index in [0.29, 0.717) is 16.7 Å². The maximum atomic E-state index is 13.8. The van der Waals surface area contributed by atoms with Gasteiger partial charge in [-0.3, -0.25) is 19.2 Å². The number of carboxylic acids is 1. The van der Waals surface area contributed by atoms with E-state index in [1.165, 1.54) is 12.1 Å². The molecule has 0 atom stereocenters. The predicted octanol–water partition coefficient (Wildman–Crippen LogP) is 4.88. The Morgan fingerprint density at radius 3 is 1.43 bits per heavy atom. The molecule has 4 aromatic rings. The van der Waals surface area contributed by atoms with Crippen LogP contribution in [0, 0.1) is 0 Å². The average Bonchev–Trinajstić information content (AvgIpc) is 2.91. The first-order valence-electron chi connectivity index (χ1n) is 10.9. The van der Waals surface area contributed by atoms with Gasteiger partial charge in [0.25, 0.3) is 0 Å². The Labute approximate surface area is 201 Å². The third-order valence-electron chi connectivity index (χ3n) is 5.44. The summed E-state index contributed by atoms with van der Waals surface area (Å²) >= 11 is 0. The zero-order chi connectivity index (χ0) is 24.8. The van der Waals surface area contributed by atoms with Crippen LogP contribution in [-0.2, 0) is 4.79 Å². The van der Waals surface area contributed by atoms with E-state index >= 15 is 0 Å². The molecule has 172 valence electrons. The number of carboxylic acid groups (broad SMARTS) is 1. The van der Waals surface area contributed by atoms with Crippen LogP contribution in [0.25, 0.3) is 0 Å². The fourth-order valence-electron chi connectivity index (χ4n) is 3.79. The highest BCUT2D eigenvalue weighted by Gasteiger charge is 2.29. The van der Waals surface area contributed by atoms with Gasteiger partial charge in [0, 0.05) is 33.5 Å². The molecule has 35 heavy (non-hydrogen) atoms. The second kappa shape index (κ2) is 10.4. The molecule has 0 aliphatic rings. The molecule has 0 radical (unpaired) electrons. The van der Waals surface area contributed by atoms with E-state index in [1.807, 2.05) is 0 Å². The minimum Gasteiger partial charge on any atom is -0.480 e. The predicted molar refractivity (Wildman–Crippen MR) is 132 cm³/mol. The van der Waals surface area contributed by atoms with Gasteiger partial charge < -0.3 is 10.4 Å². The van der Waals surface area contributed by atoms with Crippen molar-refractivity contribution in [3.05, 3.63) is 137 Å². The standard InChI is InChI=1S/C29H21NO5/c31-24(32)18-30-23-17-16-22(27(33)19-10-4-1-5-11-19)25(28(34)20-12-6-2-7-13-20)26(23)29(35)21-14-8-3-9-15-21/h1-17,30H,18H2,(H,31,32). The Morgan fingerprint density at radius 1 is 0.543 bits per heavy atom. The summed E-state index contributed by atoms with van der Waals surface area (Å²) in [6, 6.07) is 28.1. The molecule has 0 saturated carbocycles. The van der Waals surface area contributed by atoms with Crippen LogP contribution in [0.15, 0.2) is 103 Å². The zero-order valence-corrected chi connectivity index (χ0v) is 18.6. The summed E-state index contributed by atoms with van der Waals surface area (Å²) in [4.78, 5) is 52.3. The fourth-order valence-corrected chi connectivity index (χ4v) is 3.79. The number of hydrogen-bond donors (Lipinski definition) is 2. The van der Waals surface area contributed by atoms with Crippen molar-refractivity contribution in [3.63, 3.8) is 0 Å². The molecule has 0 unspecified atom stereocenters. The lowest BCUT2D eigenvalue weighted by Gasteiger charge is -2.18. The molecule has 0 saturated heterocycles. The number of aliphatic carboxylic acids is 1. The highest BCUT2D eigenvalue weighted by atomic mass is 16.4. The summed E-state index contributed by atoms with van der Waals surface area (Å²) in [6.45, 7) is -0.472. The lowest BCUT2D eigenvalue weighted by molar-refractivity contribution is -0.134. The number of nitrogens with one attached hydrogen (secondary N) is 1. The summed E-state index contributed by atoms with van der Waals surface area (Å²) in [5.74, 6) is -2.57. The first-order valence-corrected chi connectivity index (χ1v) is 10.9. The molecule has 0 aromatic heterocycles. The topological polar surface area (TPSA) is 101 Å². The van der Waals surface area contributed by atoms with Crippen LogP contribution in [0.1, 0.15) is 47.8 Å². The quantitative estimate of drug-likeness (QED) is 0.343. The van der Waals surface area contributed by atoms with E-state index in [4.69, 9.17) is 0 Å². The van der Waals surface area contributed by atoms with Gasteiger partial charge in [0.05, 0.1) is 5.56 Å². The van der Waals surface area contributed by atoms with Crippen LogP contribution in [0.3, 0.4) is 0 Å². The third-order valence-corrected chi connectivity index (χ3v) is 5.44. The first-order chi connectivity index (χ1) is 17.0. The van der Waals surface area contributed by atoms with E-state index in [-0.39, 0.29) is 22.4 Å². The normalized spacial score (nSPS) is 10.4. The van der Waals surface area contributed by atoms with Crippen molar-refractivity contribution in [3.8, 4) is 0 Å². The maximum absolute atomic E-state index is 13.8. The van der Waals surface area contributed by atoms with Crippen molar-refractivity contribution in [2.24, 2.45) is 0 Å².